The van der Waals surface area contributed by atoms with Crippen LogP contribution in [0.25, 0.3) is 5.57 Å². The largest absolute Gasteiger partial charge is 0.433 e. The van der Waals surface area contributed by atoms with Gasteiger partial charge < -0.3 is 15.0 Å². The van der Waals surface area contributed by atoms with Crippen LogP contribution in [0.3, 0.4) is 0 Å². The second-order valence-electron chi connectivity index (χ2n) is 7.25. The number of hydrogen-bond acceptors (Lipinski definition) is 3. The van der Waals surface area contributed by atoms with Gasteiger partial charge in [-0.3, -0.25) is 9.59 Å². The van der Waals surface area contributed by atoms with Crippen molar-refractivity contribution in [1.29, 1.82) is 0 Å². The molecule has 29 heavy (non-hydrogen) atoms. The Balaban J connectivity index is 1.74. The fourth-order valence-corrected chi connectivity index (χ4v) is 3.75. The quantitative estimate of drug-likeness (QED) is 0.735. The number of halogens is 3. The fourth-order valence-electron chi connectivity index (χ4n) is 3.52. The van der Waals surface area contributed by atoms with E-state index in [0.29, 0.717) is 35.6 Å². The first-order valence-electron chi connectivity index (χ1n) is 9.40. The lowest BCUT2D eigenvalue weighted by Gasteiger charge is -2.14. The first-order valence-corrected chi connectivity index (χ1v) is 9.78. The van der Waals surface area contributed by atoms with E-state index in [1.165, 1.54) is 12.1 Å². The van der Waals surface area contributed by atoms with E-state index < -0.39 is 6.61 Å². The normalized spacial score (nSPS) is 19.5. The highest BCUT2D eigenvalue weighted by molar-refractivity contribution is 6.32. The molecular formula is C21H19ClF2N2O3. The summed E-state index contributed by atoms with van der Waals surface area (Å²) in [6, 6.07) is 7.92. The standard InChI is InChI=1S/C21H19ClF2N2O3/c22-16-9-12(3-7-18(16)29-21(23)24)15(10-13-4-8-19(27)25-13)17-6-5-14(11-1-2-11)20(28)26-17/h3,5-7,9-11,13,21H,1-2,4,8H2,(H,25,27)(H,26,28)/b15-10+/t13-/m1/s1. The van der Waals surface area contributed by atoms with Gasteiger partial charge in [0.25, 0.3) is 5.56 Å². The molecule has 0 bridgehead atoms. The van der Waals surface area contributed by atoms with Gasteiger partial charge in [-0.15, -0.1) is 0 Å². The summed E-state index contributed by atoms with van der Waals surface area (Å²) in [5, 5.41) is 2.89. The second-order valence-corrected chi connectivity index (χ2v) is 7.65. The molecule has 4 rings (SSSR count). The predicted molar refractivity (Wildman–Crippen MR) is 105 cm³/mol. The van der Waals surface area contributed by atoms with Crippen molar-refractivity contribution >= 4 is 23.1 Å². The monoisotopic (exact) mass is 420 g/mol. The third-order valence-corrected chi connectivity index (χ3v) is 5.40. The van der Waals surface area contributed by atoms with E-state index >= 15 is 0 Å². The third kappa shape index (κ3) is 4.50. The van der Waals surface area contributed by atoms with E-state index in [-0.39, 0.29) is 28.3 Å². The van der Waals surface area contributed by atoms with Crippen LogP contribution in [-0.4, -0.2) is 23.5 Å². The van der Waals surface area contributed by atoms with Gasteiger partial charge in [0.05, 0.1) is 5.02 Å². The van der Waals surface area contributed by atoms with Crippen LogP contribution in [0.2, 0.25) is 5.02 Å². The zero-order valence-electron chi connectivity index (χ0n) is 15.4. The van der Waals surface area contributed by atoms with Gasteiger partial charge in [0, 0.05) is 29.3 Å². The van der Waals surface area contributed by atoms with Gasteiger partial charge in [0.2, 0.25) is 5.91 Å². The van der Waals surface area contributed by atoms with E-state index in [2.05, 4.69) is 15.0 Å². The van der Waals surface area contributed by atoms with Crippen molar-refractivity contribution in [3.63, 3.8) is 0 Å². The molecule has 2 N–H and O–H groups in total. The summed E-state index contributed by atoms with van der Waals surface area (Å²) in [6.07, 6.45) is 4.94. The molecule has 1 saturated carbocycles. The van der Waals surface area contributed by atoms with Crippen molar-refractivity contribution in [2.75, 3.05) is 0 Å². The van der Waals surface area contributed by atoms with E-state index in [1.807, 2.05) is 18.2 Å². The molecule has 1 aliphatic carbocycles. The summed E-state index contributed by atoms with van der Waals surface area (Å²) < 4.78 is 29.4. The minimum atomic E-state index is -2.98. The van der Waals surface area contributed by atoms with Crippen LogP contribution in [0, 0.1) is 0 Å². The van der Waals surface area contributed by atoms with Gasteiger partial charge in [0.15, 0.2) is 0 Å². The van der Waals surface area contributed by atoms with Crippen LogP contribution >= 0.6 is 11.6 Å². The average molecular weight is 421 g/mol. The van der Waals surface area contributed by atoms with E-state index in [1.54, 1.807) is 6.07 Å². The van der Waals surface area contributed by atoms with Crippen LogP contribution < -0.4 is 15.6 Å². The molecule has 2 aromatic rings. The lowest BCUT2D eigenvalue weighted by Crippen LogP contribution is -2.23. The van der Waals surface area contributed by atoms with Crippen LogP contribution in [0.5, 0.6) is 5.75 Å². The SMILES string of the molecule is O=C1CC[C@H](/C=C(\c2ccc(OC(F)F)c(Cl)c2)c2ccc(C3CC3)c(=O)[nH]2)N1. The molecule has 1 saturated heterocycles. The molecule has 1 aliphatic heterocycles. The molecular weight excluding hydrogens is 402 g/mol. The minimum Gasteiger partial charge on any atom is -0.433 e. The molecule has 1 atom stereocenters. The van der Waals surface area contributed by atoms with Crippen LogP contribution in [0.15, 0.2) is 41.2 Å². The molecule has 2 heterocycles. The summed E-state index contributed by atoms with van der Waals surface area (Å²) in [5.74, 6) is 0.146. The van der Waals surface area contributed by atoms with Crippen LogP contribution in [0.4, 0.5) is 8.78 Å². The highest BCUT2D eigenvalue weighted by Crippen LogP contribution is 2.38. The molecule has 5 nitrogen and oxygen atoms in total. The first-order chi connectivity index (χ1) is 13.9. The Labute approximate surface area is 170 Å². The summed E-state index contributed by atoms with van der Waals surface area (Å²) >= 11 is 6.12. The Morgan fingerprint density at radius 1 is 1.17 bits per heavy atom. The summed E-state index contributed by atoms with van der Waals surface area (Å²) in [4.78, 5) is 27.0. The lowest BCUT2D eigenvalue weighted by atomic mass is 9.98. The number of benzene rings is 1. The molecule has 0 unspecified atom stereocenters. The van der Waals surface area contributed by atoms with Crippen molar-refractivity contribution < 1.29 is 18.3 Å². The number of carbonyl (C=O) groups excluding carboxylic acids is 1. The number of aromatic nitrogens is 1. The Morgan fingerprint density at radius 3 is 2.55 bits per heavy atom. The average Bonchev–Trinajstić information content (AvgIpc) is 3.42. The minimum absolute atomic E-state index is 0.0288. The Morgan fingerprint density at radius 2 is 1.97 bits per heavy atom. The number of H-pyrrole nitrogens is 1. The van der Waals surface area contributed by atoms with Crippen molar-refractivity contribution in [3.05, 3.63) is 68.6 Å². The molecule has 2 fully saturated rings. The molecule has 8 heteroatoms. The lowest BCUT2D eigenvalue weighted by molar-refractivity contribution is -0.119. The van der Waals surface area contributed by atoms with Gasteiger partial charge >= 0.3 is 6.61 Å². The molecule has 0 spiro atoms. The summed E-state index contributed by atoms with van der Waals surface area (Å²) in [5.41, 5.74) is 2.46. The van der Waals surface area contributed by atoms with Crippen molar-refractivity contribution in [2.24, 2.45) is 0 Å². The molecule has 1 aromatic heterocycles. The zero-order chi connectivity index (χ0) is 20.5. The Hall–Kier alpha value is -2.67. The molecule has 1 aromatic carbocycles. The number of alkyl halides is 2. The van der Waals surface area contributed by atoms with E-state index in [9.17, 15) is 18.4 Å². The molecule has 0 radical (unpaired) electrons. The van der Waals surface area contributed by atoms with Crippen LogP contribution in [0.1, 0.15) is 48.4 Å². The number of hydrogen-bond donors (Lipinski definition) is 2. The van der Waals surface area contributed by atoms with Gasteiger partial charge in [0.1, 0.15) is 5.75 Å². The predicted octanol–water partition coefficient (Wildman–Crippen LogP) is 4.22. The van der Waals surface area contributed by atoms with E-state index in [0.717, 1.165) is 18.4 Å². The van der Waals surface area contributed by atoms with Crippen molar-refractivity contribution in [3.8, 4) is 5.75 Å². The molecule has 152 valence electrons. The number of amides is 1. The number of nitrogens with one attached hydrogen (secondary N) is 2. The van der Waals surface area contributed by atoms with Gasteiger partial charge in [-0.05, 0) is 48.9 Å². The van der Waals surface area contributed by atoms with Gasteiger partial charge in [-0.2, -0.15) is 8.78 Å². The van der Waals surface area contributed by atoms with E-state index in [4.69, 9.17) is 11.6 Å². The fraction of sp³-hybridized carbons (Fsp3) is 0.333. The second kappa shape index (κ2) is 7.99. The van der Waals surface area contributed by atoms with Gasteiger partial charge in [-0.25, -0.2) is 0 Å². The number of aromatic amines is 1. The number of carbonyl (C=O) groups is 1. The smallest absolute Gasteiger partial charge is 0.387 e. The van der Waals surface area contributed by atoms with Crippen molar-refractivity contribution in [2.45, 2.75) is 44.3 Å². The maximum absolute atomic E-state index is 12.5. The molecule has 2 aliphatic rings. The summed E-state index contributed by atoms with van der Waals surface area (Å²) in [6.45, 7) is -2.98. The summed E-state index contributed by atoms with van der Waals surface area (Å²) in [7, 11) is 0. The maximum atomic E-state index is 12.5. The first kappa shape index (κ1) is 19.6. The Kier molecular flexibility index (Phi) is 5.41. The number of pyridine rings is 1. The third-order valence-electron chi connectivity index (χ3n) is 5.10. The van der Waals surface area contributed by atoms with Gasteiger partial charge in [-0.1, -0.05) is 29.8 Å². The highest BCUT2D eigenvalue weighted by Gasteiger charge is 2.27. The maximum Gasteiger partial charge on any atom is 0.387 e. The highest BCUT2D eigenvalue weighted by atomic mass is 35.5. The zero-order valence-corrected chi connectivity index (χ0v) is 16.1. The van der Waals surface area contributed by atoms with Crippen molar-refractivity contribution in [1.82, 2.24) is 10.3 Å². The Bertz CT molecular complexity index is 1030. The number of ether oxygens (including phenoxy) is 1. The topological polar surface area (TPSA) is 71.2 Å². The van der Waals surface area contributed by atoms with Crippen LogP contribution in [-0.2, 0) is 4.79 Å². The molecule has 1 amide bonds. The number of rotatable bonds is 6.